The van der Waals surface area contributed by atoms with E-state index < -0.39 is 70.2 Å². The number of ketones is 2. The molecule has 0 bridgehead atoms. The maximum absolute atomic E-state index is 13.5. The predicted molar refractivity (Wildman–Crippen MR) is 221 cm³/mol. The normalized spacial score (nSPS) is 11.9. The summed E-state index contributed by atoms with van der Waals surface area (Å²) in [7, 11) is -4.02. The Morgan fingerprint density at radius 1 is 0.574 bits per heavy atom. The van der Waals surface area contributed by atoms with Crippen LogP contribution in [0.1, 0.15) is 39.5 Å². The molecular weight excluding hydrogens is 813 g/mol. The Morgan fingerprint density at radius 3 is 1.26 bits per heavy atom. The molecule has 2 unspecified atom stereocenters. The number of Topliss-reactive ketones (excluding diaryl/α,β-unsaturated/α-hetero) is 2. The van der Waals surface area contributed by atoms with Gasteiger partial charge in [0.2, 0.25) is 21.7 Å². The molecule has 4 aromatic rings. The summed E-state index contributed by atoms with van der Waals surface area (Å²) in [5.41, 5.74) is 0.748. The number of hydrogen-bond donors (Lipinski definition) is 4. The molecule has 16 nitrogen and oxygen atoms in total. The molecule has 0 aliphatic carbocycles. The molecule has 61 heavy (non-hydrogen) atoms. The molecule has 0 aromatic heterocycles. The minimum atomic E-state index is -4.02. The van der Waals surface area contributed by atoms with E-state index >= 15 is 0 Å². The Labute approximate surface area is 351 Å². The first-order valence-corrected chi connectivity index (χ1v) is 20.1. The van der Waals surface area contributed by atoms with Gasteiger partial charge in [-0.15, -0.1) is 0 Å². The van der Waals surface area contributed by atoms with Crippen LogP contribution >= 0.6 is 0 Å². The van der Waals surface area contributed by atoms with Gasteiger partial charge in [-0.25, -0.2) is 18.0 Å². The van der Waals surface area contributed by atoms with Crippen molar-refractivity contribution in [3.8, 4) is 23.0 Å². The largest absolute Gasteiger partial charge is 0.462 e. The van der Waals surface area contributed by atoms with Gasteiger partial charge < -0.3 is 39.8 Å². The number of anilines is 2. The van der Waals surface area contributed by atoms with Crippen LogP contribution in [0.3, 0.4) is 0 Å². The van der Waals surface area contributed by atoms with E-state index in [9.17, 15) is 47.4 Å². The van der Waals surface area contributed by atoms with E-state index in [2.05, 4.69) is 23.8 Å². The topological polar surface area (TPSA) is 238 Å². The van der Waals surface area contributed by atoms with Crippen molar-refractivity contribution >= 4 is 56.5 Å². The fraction of sp³-hybridized carbons (Fsp3) is 0.227. The van der Waals surface area contributed by atoms with Crippen LogP contribution in [0.2, 0.25) is 0 Å². The molecule has 0 saturated heterocycles. The zero-order valence-electron chi connectivity index (χ0n) is 33.3. The highest BCUT2D eigenvalue weighted by molar-refractivity contribution is 7.91. The van der Waals surface area contributed by atoms with Gasteiger partial charge >= 0.3 is 11.9 Å². The van der Waals surface area contributed by atoms with Crippen LogP contribution in [0.4, 0.5) is 11.4 Å². The molecule has 0 aliphatic heterocycles. The van der Waals surface area contributed by atoms with Crippen molar-refractivity contribution in [2.24, 2.45) is 0 Å². The van der Waals surface area contributed by atoms with Gasteiger partial charge in [-0.2, -0.15) is 0 Å². The van der Waals surface area contributed by atoms with E-state index in [1.165, 1.54) is 74.5 Å². The molecule has 4 N–H and O–H groups in total. The second-order valence-electron chi connectivity index (χ2n) is 13.4. The molecule has 0 radical (unpaired) electrons. The minimum Gasteiger partial charge on any atom is -0.462 e. The molecule has 0 aliphatic rings. The van der Waals surface area contributed by atoms with Gasteiger partial charge in [-0.3, -0.25) is 19.2 Å². The Kier molecular flexibility index (Phi) is 16.8. The molecule has 2 atom stereocenters. The summed E-state index contributed by atoms with van der Waals surface area (Å²) < 4.78 is 48.5. The first-order valence-electron chi connectivity index (χ1n) is 18.6. The minimum absolute atomic E-state index is 0.0512. The summed E-state index contributed by atoms with van der Waals surface area (Å²) in [5.74, 6) is -3.26. The first kappa shape index (κ1) is 46.7. The van der Waals surface area contributed by atoms with Crippen molar-refractivity contribution in [2.75, 3.05) is 23.8 Å². The van der Waals surface area contributed by atoms with Gasteiger partial charge in [0.25, 0.3) is 0 Å². The average Bonchev–Trinajstić information content (AvgIpc) is 3.22. The lowest BCUT2D eigenvalue weighted by molar-refractivity contribution is -0.142. The summed E-state index contributed by atoms with van der Waals surface area (Å²) >= 11 is 0. The Bertz CT molecular complexity index is 2230. The van der Waals surface area contributed by atoms with Crippen molar-refractivity contribution in [3.63, 3.8) is 0 Å². The lowest BCUT2D eigenvalue weighted by atomic mass is 10.1. The third-order valence-corrected chi connectivity index (χ3v) is 10.2. The molecule has 4 rings (SSSR count). The molecule has 0 fully saturated rings. The number of carbonyl (C=O) groups excluding carboxylic acids is 6. The maximum Gasteiger partial charge on any atom is 0.333 e. The van der Waals surface area contributed by atoms with Crippen LogP contribution in [0.25, 0.3) is 0 Å². The number of rotatable bonds is 22. The van der Waals surface area contributed by atoms with Crippen LogP contribution < -0.4 is 20.1 Å². The standard InChI is InChI=1S/C44H44N2O14S/c1-27(2)43(53)57-23-21-35(47)37(49)25-41(51)45-33-9-5-7-11-39(33)59-29-13-17-31(18-14-29)61(55,56)32-19-15-30(16-20-32)60-40-12-8-6-10-34(40)46-42(52)26-38(50)36(48)22-24-58-44(54)28(3)4/h5-20,37-38,49-50H,1,3,21-26H2,2,4H3,(H,45,51)(H,46,52). The number of sulfone groups is 1. The maximum atomic E-state index is 13.5. The van der Waals surface area contributed by atoms with E-state index in [4.69, 9.17) is 18.9 Å². The first-order chi connectivity index (χ1) is 28.9. The Hall–Kier alpha value is -6.95. The van der Waals surface area contributed by atoms with E-state index in [0.29, 0.717) is 0 Å². The summed E-state index contributed by atoms with van der Waals surface area (Å²) in [5, 5.41) is 25.6. The number of nitrogens with one attached hydrogen (secondary N) is 2. The number of para-hydroxylation sites is 4. The van der Waals surface area contributed by atoms with Crippen LogP contribution in [-0.4, -0.2) is 79.4 Å². The summed E-state index contributed by atoms with van der Waals surface area (Å²) in [6.45, 7) is 9.23. The number of carbonyl (C=O) groups is 6. The lowest BCUT2D eigenvalue weighted by Gasteiger charge is -2.14. The quantitative estimate of drug-likeness (QED) is 0.0553. The highest BCUT2D eigenvalue weighted by atomic mass is 32.2. The SMILES string of the molecule is C=C(C)C(=O)OCCC(=O)C(O)CC(=O)Nc1ccccc1Oc1ccc(S(=O)(=O)c2ccc(Oc3ccccc3NC(=O)CC(O)C(=O)CCOC(=O)C(=C)C)cc2)cc1. The molecule has 0 heterocycles. The molecule has 0 spiro atoms. The molecule has 4 aromatic carbocycles. The van der Waals surface area contributed by atoms with Crippen molar-refractivity contribution in [1.29, 1.82) is 0 Å². The second kappa shape index (κ2) is 21.9. The number of amides is 2. The number of ether oxygens (including phenoxy) is 4. The van der Waals surface area contributed by atoms with E-state index in [0.717, 1.165) is 0 Å². The van der Waals surface area contributed by atoms with Gasteiger partial charge in [0, 0.05) is 24.0 Å². The average molecular weight is 857 g/mol. The van der Waals surface area contributed by atoms with Gasteiger partial charge in [-0.1, -0.05) is 37.4 Å². The highest BCUT2D eigenvalue weighted by Gasteiger charge is 2.23. The van der Waals surface area contributed by atoms with E-state index in [1.807, 2.05) is 0 Å². The second-order valence-corrected chi connectivity index (χ2v) is 15.4. The van der Waals surface area contributed by atoms with Crippen molar-refractivity contribution in [1.82, 2.24) is 0 Å². The number of aliphatic hydroxyl groups excluding tert-OH is 2. The third kappa shape index (κ3) is 14.1. The smallest absolute Gasteiger partial charge is 0.333 e. The molecule has 320 valence electrons. The fourth-order valence-corrected chi connectivity index (χ4v) is 6.39. The van der Waals surface area contributed by atoms with Crippen LogP contribution in [0.5, 0.6) is 23.0 Å². The summed E-state index contributed by atoms with van der Waals surface area (Å²) in [6.07, 6.45) is -5.00. The molecular formula is C44H44N2O14S. The Balaban J connectivity index is 1.32. The number of esters is 2. The predicted octanol–water partition coefficient (Wildman–Crippen LogP) is 5.64. The molecule has 17 heteroatoms. The van der Waals surface area contributed by atoms with Gasteiger partial charge in [-0.05, 0) is 86.6 Å². The van der Waals surface area contributed by atoms with Gasteiger partial charge in [0.15, 0.2) is 23.1 Å². The molecule has 0 saturated carbocycles. The monoisotopic (exact) mass is 856 g/mol. The van der Waals surface area contributed by atoms with Gasteiger partial charge in [0.05, 0.1) is 47.2 Å². The van der Waals surface area contributed by atoms with Crippen LogP contribution in [-0.2, 0) is 48.1 Å². The molecule has 2 amide bonds. The number of hydrogen-bond acceptors (Lipinski definition) is 14. The van der Waals surface area contributed by atoms with E-state index in [-0.39, 0.29) is 81.4 Å². The van der Waals surface area contributed by atoms with Crippen molar-refractivity contribution < 1.29 is 66.3 Å². The summed E-state index contributed by atoms with van der Waals surface area (Å²) in [6, 6.07) is 23.8. The van der Waals surface area contributed by atoms with Crippen molar-refractivity contribution in [3.05, 3.63) is 121 Å². The number of benzene rings is 4. The fourth-order valence-electron chi connectivity index (χ4n) is 5.13. The highest BCUT2D eigenvalue weighted by Crippen LogP contribution is 2.33. The number of aliphatic hydroxyl groups is 2. The zero-order valence-corrected chi connectivity index (χ0v) is 34.1. The lowest BCUT2D eigenvalue weighted by Crippen LogP contribution is -2.28. The van der Waals surface area contributed by atoms with E-state index in [1.54, 1.807) is 36.4 Å². The summed E-state index contributed by atoms with van der Waals surface area (Å²) in [4.78, 5) is 72.7. The van der Waals surface area contributed by atoms with Crippen molar-refractivity contribution in [2.45, 2.75) is 61.5 Å². The third-order valence-electron chi connectivity index (χ3n) is 8.41. The van der Waals surface area contributed by atoms with Crippen LogP contribution in [0.15, 0.2) is 131 Å². The van der Waals surface area contributed by atoms with Gasteiger partial charge in [0.1, 0.15) is 23.7 Å². The Morgan fingerprint density at radius 2 is 0.918 bits per heavy atom. The zero-order chi connectivity index (χ0) is 44.7. The van der Waals surface area contributed by atoms with Crippen LogP contribution in [0, 0.1) is 0 Å².